The number of aromatic hydroxyl groups is 1. The van der Waals surface area contributed by atoms with Crippen molar-refractivity contribution in [1.82, 2.24) is 35.6 Å². The number of phenolic OH excluding ortho intramolecular Hbond substituents is 1. The smallest absolute Gasteiger partial charge is 0.408 e. The number of ether oxygens (including phenoxy) is 2. The number of H-pyrrole nitrogens is 1. The fourth-order valence-corrected chi connectivity index (χ4v) is 7.60. The average Bonchev–Trinajstić information content (AvgIpc) is 3.60. The van der Waals surface area contributed by atoms with E-state index in [2.05, 4.69) is 30.9 Å². The van der Waals surface area contributed by atoms with Gasteiger partial charge in [-0.2, -0.15) is 5.10 Å². The highest BCUT2D eigenvalue weighted by Gasteiger charge is 2.37. The molecule has 0 aliphatic carbocycles. The monoisotopic (exact) mass is 763 g/mol. The van der Waals surface area contributed by atoms with Crippen LogP contribution in [0, 0.1) is 5.92 Å². The van der Waals surface area contributed by atoms with E-state index in [-0.39, 0.29) is 36.5 Å². The Morgan fingerprint density at radius 1 is 0.964 bits per heavy atom. The van der Waals surface area contributed by atoms with E-state index in [1.165, 1.54) is 12.1 Å². The maximum atomic E-state index is 13.2. The molecule has 3 fully saturated rings. The average molecular weight is 764 g/mol. The number of aryl methyl sites for hydroxylation is 1. The summed E-state index contributed by atoms with van der Waals surface area (Å²) in [7, 11) is 1.77. The number of alkyl carbamates (subject to hydrolysis) is 1. The molecule has 3 aromatic carbocycles. The Hall–Kier alpha value is -5.70. The first-order valence-electron chi connectivity index (χ1n) is 19.2. The third-order valence-corrected chi connectivity index (χ3v) is 10.7. The van der Waals surface area contributed by atoms with E-state index in [0.717, 1.165) is 55.7 Å². The Morgan fingerprint density at radius 3 is 2.54 bits per heavy atom. The zero-order valence-corrected chi connectivity index (χ0v) is 31.4. The van der Waals surface area contributed by atoms with E-state index in [0.29, 0.717) is 53.3 Å². The van der Waals surface area contributed by atoms with Gasteiger partial charge in [-0.05, 0) is 98.3 Å². The fourth-order valence-electron chi connectivity index (χ4n) is 7.60. The number of aromatic nitrogens is 3. The summed E-state index contributed by atoms with van der Waals surface area (Å²) in [5, 5.41) is 35.1. The molecule has 294 valence electrons. The minimum Gasteiger partial charge on any atom is -0.506 e. The maximum absolute atomic E-state index is 13.2. The Bertz CT molecular complexity index is 2180. The minimum atomic E-state index is -0.839. The van der Waals surface area contributed by atoms with Gasteiger partial charge in [0.2, 0.25) is 5.56 Å². The lowest BCUT2D eigenvalue weighted by molar-refractivity contribution is -0.0336. The highest BCUT2D eigenvalue weighted by molar-refractivity contribution is 5.92. The molecule has 2 bridgehead atoms. The standard InChI is InChI=1S/C42H49N7O7/c1-48-30(23-34(47-48)41(53)44-19-6-5-18-43-24-36(51)32-12-14-35(50)40-33(32)13-15-38(52)45-40)26-55-31-11-7-10-29(22-31)39(28-8-3-2-4-9-28)46-42(54)56-37-25-49-20-16-27(37)17-21-49/h2-4,7-15,22-23,27,36-37,39,43,50-51H,5-6,16-21,24-26H2,1H3,(H,44,53)(H,45,52)(H,46,54)/t36-,37-,39-/m0/s1. The fraction of sp³-hybridized carbons (Fsp3) is 0.381. The van der Waals surface area contributed by atoms with Crippen molar-refractivity contribution in [2.75, 3.05) is 39.3 Å². The van der Waals surface area contributed by atoms with Crippen LogP contribution in [0.5, 0.6) is 11.5 Å². The van der Waals surface area contributed by atoms with Gasteiger partial charge >= 0.3 is 6.09 Å². The van der Waals surface area contributed by atoms with Crippen molar-refractivity contribution in [2.24, 2.45) is 13.0 Å². The third-order valence-electron chi connectivity index (χ3n) is 10.7. The number of carbonyl (C=O) groups is 2. The van der Waals surface area contributed by atoms with Gasteiger partial charge in [0.1, 0.15) is 24.2 Å². The predicted octanol–water partition coefficient (Wildman–Crippen LogP) is 4.29. The van der Waals surface area contributed by atoms with Gasteiger partial charge in [-0.15, -0.1) is 0 Å². The van der Waals surface area contributed by atoms with Gasteiger partial charge < -0.3 is 40.6 Å². The molecule has 0 saturated carbocycles. The molecular weight excluding hydrogens is 715 g/mol. The maximum Gasteiger partial charge on any atom is 0.408 e. The first-order valence-corrected chi connectivity index (χ1v) is 19.2. The number of amides is 2. The van der Waals surface area contributed by atoms with E-state index in [1.807, 2.05) is 54.6 Å². The van der Waals surface area contributed by atoms with Gasteiger partial charge in [0.15, 0.2) is 5.69 Å². The lowest BCUT2D eigenvalue weighted by Crippen LogP contribution is -2.52. The van der Waals surface area contributed by atoms with Crippen LogP contribution in [0.25, 0.3) is 10.9 Å². The van der Waals surface area contributed by atoms with Crippen LogP contribution in [0.1, 0.15) is 70.7 Å². The number of aliphatic hydroxyl groups is 1. The first-order chi connectivity index (χ1) is 27.2. The van der Waals surface area contributed by atoms with Crippen molar-refractivity contribution in [1.29, 1.82) is 0 Å². The van der Waals surface area contributed by atoms with Crippen LogP contribution in [0.3, 0.4) is 0 Å². The molecule has 2 aromatic heterocycles. The molecular formula is C42H49N7O7. The Morgan fingerprint density at radius 2 is 1.75 bits per heavy atom. The van der Waals surface area contributed by atoms with Gasteiger partial charge in [-0.1, -0.05) is 48.5 Å². The van der Waals surface area contributed by atoms with E-state index in [9.17, 15) is 24.6 Å². The number of rotatable bonds is 16. The summed E-state index contributed by atoms with van der Waals surface area (Å²) in [5.41, 5.74) is 3.35. The molecule has 5 heterocycles. The number of nitrogens with one attached hydrogen (secondary N) is 4. The summed E-state index contributed by atoms with van der Waals surface area (Å²) < 4.78 is 13.8. The molecule has 3 atom stereocenters. The molecule has 0 radical (unpaired) electrons. The Kier molecular flexibility index (Phi) is 12.3. The van der Waals surface area contributed by atoms with Crippen molar-refractivity contribution in [3.05, 3.63) is 123 Å². The van der Waals surface area contributed by atoms with E-state index in [4.69, 9.17) is 9.47 Å². The molecule has 3 saturated heterocycles. The van der Waals surface area contributed by atoms with Crippen molar-refractivity contribution in [2.45, 2.75) is 50.5 Å². The molecule has 14 heteroatoms. The third kappa shape index (κ3) is 9.39. The van der Waals surface area contributed by atoms with Crippen molar-refractivity contribution in [3.8, 4) is 11.5 Å². The van der Waals surface area contributed by atoms with Crippen LogP contribution in [0.15, 0.2) is 89.7 Å². The van der Waals surface area contributed by atoms with Crippen LogP contribution >= 0.6 is 0 Å². The second-order valence-electron chi connectivity index (χ2n) is 14.5. The summed E-state index contributed by atoms with van der Waals surface area (Å²) in [5.74, 6) is 0.686. The number of piperidine rings is 3. The van der Waals surface area contributed by atoms with Crippen LogP contribution < -0.4 is 26.2 Å². The minimum absolute atomic E-state index is 0.0534. The molecule has 0 spiro atoms. The number of nitrogens with zero attached hydrogens (tertiary/aromatic N) is 3. The Labute approximate surface area is 324 Å². The Balaban J connectivity index is 0.867. The lowest BCUT2D eigenvalue weighted by atomic mass is 9.86. The van der Waals surface area contributed by atoms with Crippen molar-refractivity contribution < 1.29 is 29.3 Å². The van der Waals surface area contributed by atoms with Crippen LogP contribution in [0.4, 0.5) is 4.79 Å². The van der Waals surface area contributed by atoms with E-state index < -0.39 is 18.2 Å². The zero-order valence-electron chi connectivity index (χ0n) is 31.4. The first kappa shape index (κ1) is 38.6. The van der Waals surface area contributed by atoms with Gasteiger partial charge in [-0.25, -0.2) is 4.79 Å². The number of aromatic amines is 1. The second-order valence-corrected chi connectivity index (χ2v) is 14.5. The molecule has 14 nitrogen and oxygen atoms in total. The SMILES string of the molecule is Cn1nc(C(=O)NCCCCNC[C@H](O)c2ccc(O)c3[nH]c(=O)ccc23)cc1COc1cccc([C@@H](NC(=O)O[C@H]2CN3CCC2CC3)c2ccccc2)c1. The number of hydrogen-bond donors (Lipinski definition) is 6. The van der Waals surface area contributed by atoms with Crippen LogP contribution in [-0.2, 0) is 18.4 Å². The second kappa shape index (κ2) is 17.8. The number of aliphatic hydroxyl groups excluding tert-OH is 1. The summed E-state index contributed by atoms with van der Waals surface area (Å²) in [6, 6.07) is 24.7. The molecule has 56 heavy (non-hydrogen) atoms. The molecule has 0 unspecified atom stereocenters. The van der Waals surface area contributed by atoms with E-state index in [1.54, 1.807) is 29.9 Å². The zero-order chi connectivity index (χ0) is 39.0. The topological polar surface area (TPSA) is 183 Å². The van der Waals surface area contributed by atoms with Crippen LogP contribution in [0.2, 0.25) is 0 Å². The van der Waals surface area contributed by atoms with Crippen LogP contribution in [-0.4, -0.2) is 87.3 Å². The molecule has 3 aliphatic heterocycles. The number of carbonyl (C=O) groups excluding carboxylic acids is 2. The van der Waals surface area contributed by atoms with Gasteiger partial charge in [0, 0.05) is 38.1 Å². The molecule has 8 rings (SSSR count). The predicted molar refractivity (Wildman–Crippen MR) is 210 cm³/mol. The van der Waals surface area contributed by atoms with Gasteiger partial charge in [0.25, 0.3) is 5.91 Å². The summed E-state index contributed by atoms with van der Waals surface area (Å²) in [4.78, 5) is 42.8. The highest BCUT2D eigenvalue weighted by Crippen LogP contribution is 2.31. The number of phenols is 1. The molecule has 5 aromatic rings. The molecule has 2 amide bonds. The molecule has 6 N–H and O–H groups in total. The normalized spacial score (nSPS) is 18.6. The number of unbranched alkanes of at least 4 members (excludes halogenated alkanes) is 1. The lowest BCUT2D eigenvalue weighted by Gasteiger charge is -2.43. The number of fused-ring (bicyclic) bond motifs is 4. The van der Waals surface area contributed by atoms with Gasteiger partial charge in [0.05, 0.1) is 23.4 Å². The summed E-state index contributed by atoms with van der Waals surface area (Å²) in [6.07, 6.45) is 2.23. The summed E-state index contributed by atoms with van der Waals surface area (Å²) >= 11 is 0. The van der Waals surface area contributed by atoms with E-state index >= 15 is 0 Å². The van der Waals surface area contributed by atoms with Crippen molar-refractivity contribution in [3.63, 3.8) is 0 Å². The number of pyridine rings is 1. The van der Waals surface area contributed by atoms with Gasteiger partial charge in [-0.3, -0.25) is 19.2 Å². The summed E-state index contributed by atoms with van der Waals surface area (Å²) in [6.45, 7) is 4.48. The quantitative estimate of drug-likeness (QED) is 0.0794. The molecule has 3 aliphatic rings. The number of hydrogen-bond acceptors (Lipinski definition) is 10. The van der Waals surface area contributed by atoms with Crippen molar-refractivity contribution >= 4 is 22.9 Å². The highest BCUT2D eigenvalue weighted by atomic mass is 16.6. The number of benzene rings is 3. The largest absolute Gasteiger partial charge is 0.506 e.